The van der Waals surface area contributed by atoms with E-state index in [1.807, 2.05) is 0 Å². The van der Waals surface area contributed by atoms with E-state index in [0.29, 0.717) is 0 Å². The van der Waals surface area contributed by atoms with Crippen molar-refractivity contribution in [3.63, 3.8) is 0 Å². The lowest BCUT2D eigenvalue weighted by molar-refractivity contribution is -0.385. The molecule has 0 bridgehead atoms. The zero-order valence-corrected chi connectivity index (χ0v) is 10.8. The van der Waals surface area contributed by atoms with Gasteiger partial charge in [0, 0.05) is 19.5 Å². The first-order valence-corrected chi connectivity index (χ1v) is 5.90. The number of aliphatic hydroxyl groups excluding tert-OH is 2. The van der Waals surface area contributed by atoms with Crippen molar-refractivity contribution in [1.82, 2.24) is 5.32 Å². The molecule has 0 aromatic heterocycles. The van der Waals surface area contributed by atoms with Crippen LogP contribution in [0.3, 0.4) is 0 Å². The molecule has 0 aliphatic carbocycles. The third-order valence-corrected chi connectivity index (χ3v) is 2.72. The summed E-state index contributed by atoms with van der Waals surface area (Å²) in [6.07, 6.45) is -2.36. The van der Waals surface area contributed by atoms with Crippen LogP contribution >= 0.6 is 0 Å². The maximum Gasteiger partial charge on any atom is 0.310 e. The number of phenolic OH excluding ortho intramolecular Hbond substituents is 1. The van der Waals surface area contributed by atoms with Gasteiger partial charge in [0.1, 0.15) is 6.10 Å². The molecule has 8 nitrogen and oxygen atoms in total. The summed E-state index contributed by atoms with van der Waals surface area (Å²) in [4.78, 5) is 20.4. The zero-order chi connectivity index (χ0) is 15.3. The van der Waals surface area contributed by atoms with Crippen LogP contribution in [0.15, 0.2) is 18.2 Å². The summed E-state index contributed by atoms with van der Waals surface area (Å²) < 4.78 is 0. The minimum absolute atomic E-state index is 0.110. The Morgan fingerprint density at radius 1 is 1.45 bits per heavy atom. The van der Waals surface area contributed by atoms with E-state index in [-0.39, 0.29) is 24.4 Å². The Labute approximate surface area is 114 Å². The largest absolute Gasteiger partial charge is 0.502 e. The van der Waals surface area contributed by atoms with Gasteiger partial charge >= 0.3 is 5.69 Å². The summed E-state index contributed by atoms with van der Waals surface area (Å²) in [5, 5.41) is 42.1. The number of aromatic hydroxyl groups is 1. The number of hydrogen-bond acceptors (Lipinski definition) is 6. The van der Waals surface area contributed by atoms with Crippen molar-refractivity contribution in [3.05, 3.63) is 33.9 Å². The van der Waals surface area contributed by atoms with E-state index in [4.69, 9.17) is 0 Å². The summed E-state index contributed by atoms with van der Waals surface area (Å²) in [5.74, 6) is -0.833. The fourth-order valence-electron chi connectivity index (χ4n) is 1.65. The number of nitro groups is 1. The second-order valence-corrected chi connectivity index (χ2v) is 4.29. The van der Waals surface area contributed by atoms with Gasteiger partial charge in [0.2, 0.25) is 5.91 Å². The van der Waals surface area contributed by atoms with Gasteiger partial charge in [0.05, 0.1) is 11.0 Å². The number of nitrogens with zero attached hydrogens (tertiary/aromatic N) is 1. The van der Waals surface area contributed by atoms with Gasteiger partial charge in [0.15, 0.2) is 5.75 Å². The van der Waals surface area contributed by atoms with Crippen LogP contribution in [0.25, 0.3) is 0 Å². The first kappa shape index (κ1) is 15.9. The summed E-state index contributed by atoms with van der Waals surface area (Å²) in [5.41, 5.74) is -0.322. The number of phenols is 1. The second kappa shape index (κ2) is 6.83. The highest BCUT2D eigenvalue weighted by atomic mass is 16.6. The van der Waals surface area contributed by atoms with Crippen molar-refractivity contribution in [2.24, 2.45) is 0 Å². The van der Waals surface area contributed by atoms with Crippen molar-refractivity contribution in [2.75, 3.05) is 6.54 Å². The molecule has 1 rings (SSSR count). The van der Waals surface area contributed by atoms with Gasteiger partial charge in [-0.2, -0.15) is 0 Å². The standard InChI is InChI=1S/C12H16N2O6/c1-7(15)13-5-4-10(16)12(18)8-2-3-9(14(19)20)11(17)6-8/h2-3,6,10,12,16-18H,4-5H2,1H3,(H,13,15). The third-order valence-electron chi connectivity index (χ3n) is 2.72. The molecule has 1 aromatic carbocycles. The maximum absolute atomic E-state index is 10.7. The Morgan fingerprint density at radius 3 is 2.60 bits per heavy atom. The summed E-state index contributed by atoms with van der Waals surface area (Å²) in [6, 6.07) is 3.34. The van der Waals surface area contributed by atoms with Crippen molar-refractivity contribution >= 4 is 11.6 Å². The molecule has 0 aliphatic rings. The van der Waals surface area contributed by atoms with E-state index in [2.05, 4.69) is 5.32 Å². The number of benzene rings is 1. The third kappa shape index (κ3) is 4.18. The molecule has 0 heterocycles. The Kier molecular flexibility index (Phi) is 5.42. The van der Waals surface area contributed by atoms with Crippen molar-refractivity contribution in [3.8, 4) is 5.75 Å². The van der Waals surface area contributed by atoms with Crippen molar-refractivity contribution in [1.29, 1.82) is 0 Å². The second-order valence-electron chi connectivity index (χ2n) is 4.29. The van der Waals surface area contributed by atoms with E-state index >= 15 is 0 Å². The fourth-order valence-corrected chi connectivity index (χ4v) is 1.65. The molecule has 2 atom stereocenters. The number of nitro benzene ring substituents is 1. The van der Waals surface area contributed by atoms with Gasteiger partial charge in [0.25, 0.3) is 0 Å². The monoisotopic (exact) mass is 284 g/mol. The molecule has 0 aliphatic heterocycles. The van der Waals surface area contributed by atoms with Crippen LogP contribution in [-0.2, 0) is 4.79 Å². The Balaban J connectivity index is 2.71. The summed E-state index contributed by atoms with van der Waals surface area (Å²) in [7, 11) is 0. The predicted octanol–water partition coefficient (Wildman–Crippen LogP) is 0.221. The smallest absolute Gasteiger partial charge is 0.310 e. The Hall–Kier alpha value is -2.19. The molecule has 0 radical (unpaired) electrons. The molecular formula is C12H16N2O6. The molecule has 4 N–H and O–H groups in total. The molecular weight excluding hydrogens is 268 g/mol. The first-order valence-electron chi connectivity index (χ1n) is 5.90. The van der Waals surface area contributed by atoms with E-state index in [1.54, 1.807) is 0 Å². The zero-order valence-electron chi connectivity index (χ0n) is 10.8. The molecule has 110 valence electrons. The van der Waals surface area contributed by atoms with Crippen LogP contribution in [0.1, 0.15) is 25.0 Å². The highest BCUT2D eigenvalue weighted by Crippen LogP contribution is 2.30. The molecule has 0 saturated carbocycles. The molecule has 0 fully saturated rings. The van der Waals surface area contributed by atoms with Gasteiger partial charge in [-0.3, -0.25) is 14.9 Å². The van der Waals surface area contributed by atoms with Crippen molar-refractivity contribution < 1.29 is 25.0 Å². The maximum atomic E-state index is 10.7. The van der Waals surface area contributed by atoms with Gasteiger partial charge in [-0.1, -0.05) is 0 Å². The number of aliphatic hydroxyl groups is 2. The lowest BCUT2D eigenvalue weighted by Gasteiger charge is -2.18. The number of nitrogens with one attached hydrogen (secondary N) is 1. The molecule has 8 heteroatoms. The normalized spacial score (nSPS) is 13.6. The van der Waals surface area contributed by atoms with E-state index in [0.717, 1.165) is 12.1 Å². The minimum Gasteiger partial charge on any atom is -0.502 e. The van der Waals surface area contributed by atoms with Crippen LogP contribution in [-0.4, -0.2) is 38.8 Å². The summed E-state index contributed by atoms with van der Waals surface area (Å²) >= 11 is 0. The number of carbonyl (C=O) groups excluding carboxylic acids is 1. The van der Waals surface area contributed by atoms with Crippen LogP contribution in [0.2, 0.25) is 0 Å². The van der Waals surface area contributed by atoms with Gasteiger partial charge in [-0.05, 0) is 24.1 Å². The van der Waals surface area contributed by atoms with Crippen LogP contribution in [0.5, 0.6) is 5.75 Å². The topological polar surface area (TPSA) is 133 Å². The Bertz CT molecular complexity index is 505. The van der Waals surface area contributed by atoms with E-state index in [9.17, 15) is 30.2 Å². The van der Waals surface area contributed by atoms with Crippen molar-refractivity contribution in [2.45, 2.75) is 25.6 Å². The van der Waals surface area contributed by atoms with Gasteiger partial charge in [-0.25, -0.2) is 0 Å². The Morgan fingerprint density at radius 2 is 2.10 bits per heavy atom. The lowest BCUT2D eigenvalue weighted by atomic mass is 10.0. The molecule has 2 unspecified atom stereocenters. The van der Waals surface area contributed by atoms with E-state index in [1.165, 1.54) is 13.0 Å². The molecule has 1 aromatic rings. The number of amides is 1. The molecule has 1 amide bonds. The van der Waals surface area contributed by atoms with Crippen LogP contribution in [0.4, 0.5) is 5.69 Å². The number of carbonyl (C=O) groups is 1. The highest BCUT2D eigenvalue weighted by molar-refractivity contribution is 5.72. The van der Waals surface area contributed by atoms with Gasteiger partial charge in [-0.15, -0.1) is 0 Å². The SMILES string of the molecule is CC(=O)NCCC(O)C(O)c1ccc([N+](=O)[O-])c(O)c1. The highest BCUT2D eigenvalue weighted by Gasteiger charge is 2.21. The molecule has 20 heavy (non-hydrogen) atoms. The average molecular weight is 284 g/mol. The fraction of sp³-hybridized carbons (Fsp3) is 0.417. The summed E-state index contributed by atoms with van der Waals surface area (Å²) in [6.45, 7) is 1.52. The minimum atomic E-state index is -1.31. The molecule has 0 spiro atoms. The van der Waals surface area contributed by atoms with Crippen LogP contribution < -0.4 is 5.32 Å². The van der Waals surface area contributed by atoms with Crippen LogP contribution in [0, 0.1) is 10.1 Å². The van der Waals surface area contributed by atoms with E-state index < -0.39 is 28.6 Å². The predicted molar refractivity (Wildman–Crippen MR) is 69.0 cm³/mol. The average Bonchev–Trinajstić information content (AvgIpc) is 2.36. The van der Waals surface area contributed by atoms with Gasteiger partial charge < -0.3 is 20.6 Å². The quantitative estimate of drug-likeness (QED) is 0.436. The number of hydrogen-bond donors (Lipinski definition) is 4. The molecule has 0 saturated heterocycles. The lowest BCUT2D eigenvalue weighted by Crippen LogP contribution is -2.27. The first-order chi connectivity index (χ1) is 9.32. The number of rotatable bonds is 6.